The van der Waals surface area contributed by atoms with E-state index in [2.05, 4.69) is 4.99 Å². The van der Waals surface area contributed by atoms with Crippen LogP contribution in [0, 0.1) is 0 Å². The molecule has 0 aromatic heterocycles. The molecule has 0 fully saturated rings. The highest BCUT2D eigenvalue weighted by Gasteiger charge is 1.88. The molecule has 9 heavy (non-hydrogen) atoms. The van der Waals surface area contributed by atoms with Gasteiger partial charge in [-0.15, -0.1) is 0 Å². The fourth-order valence-corrected chi connectivity index (χ4v) is 0.416. The summed E-state index contributed by atoms with van der Waals surface area (Å²) in [5, 5.41) is 8.84. The lowest BCUT2D eigenvalue weighted by Gasteiger charge is -1.94. The zero-order valence-corrected chi connectivity index (χ0v) is 6.39. The second-order valence-corrected chi connectivity index (χ2v) is 2.23. The van der Waals surface area contributed by atoms with Crippen molar-refractivity contribution < 1.29 is 5.11 Å². The van der Waals surface area contributed by atoms with E-state index < -0.39 is 0 Å². The number of aliphatic hydroxyl groups excluding tert-OH is 1. The number of aliphatic hydroxyl groups is 1. The maximum Gasteiger partial charge on any atom is 0.110 e. The van der Waals surface area contributed by atoms with Crippen LogP contribution in [-0.4, -0.2) is 10.8 Å². The van der Waals surface area contributed by atoms with Gasteiger partial charge in [0.1, 0.15) is 5.76 Å². The van der Waals surface area contributed by atoms with Crippen LogP contribution < -0.4 is 0 Å². The Morgan fingerprint density at radius 1 is 1.11 bits per heavy atom. The van der Waals surface area contributed by atoms with Crippen LogP contribution in [0.25, 0.3) is 0 Å². The summed E-state index contributed by atoms with van der Waals surface area (Å²) in [5.74, 6) is 0.288. The molecule has 0 aromatic carbocycles. The third-order valence-corrected chi connectivity index (χ3v) is 0.915. The van der Waals surface area contributed by atoms with Crippen LogP contribution >= 0.6 is 0 Å². The molecule has 0 aliphatic heterocycles. The van der Waals surface area contributed by atoms with Crippen molar-refractivity contribution in [2.24, 2.45) is 4.99 Å². The van der Waals surface area contributed by atoms with Gasteiger partial charge >= 0.3 is 0 Å². The Bertz CT molecular complexity index is 148. The van der Waals surface area contributed by atoms with Gasteiger partial charge < -0.3 is 5.11 Å². The van der Waals surface area contributed by atoms with Crippen molar-refractivity contribution in [3.63, 3.8) is 0 Å². The molecule has 52 valence electrons. The third-order valence-electron chi connectivity index (χ3n) is 0.915. The van der Waals surface area contributed by atoms with E-state index >= 15 is 0 Å². The summed E-state index contributed by atoms with van der Waals surface area (Å²) in [4.78, 5) is 4.02. The molecule has 1 N–H and O–H groups in total. The number of hydrogen-bond acceptors (Lipinski definition) is 2. The second kappa shape index (κ2) is 3.28. The predicted molar refractivity (Wildman–Crippen MR) is 39.8 cm³/mol. The molecule has 0 rings (SSSR count). The number of hydrogen-bond donors (Lipinski definition) is 1. The van der Waals surface area contributed by atoms with E-state index in [0.29, 0.717) is 5.70 Å². The molecule has 0 atom stereocenters. The minimum absolute atomic E-state index is 0.288. The Kier molecular flexibility index (Phi) is 2.99. The molecule has 0 aromatic rings. The largest absolute Gasteiger partial charge is 0.511 e. The fraction of sp³-hybridized carbons (Fsp3) is 0.571. The lowest BCUT2D eigenvalue weighted by Crippen LogP contribution is -1.84. The van der Waals surface area contributed by atoms with Crippen molar-refractivity contribution in [2.45, 2.75) is 27.7 Å². The number of rotatable bonds is 1. The van der Waals surface area contributed by atoms with Gasteiger partial charge in [-0.2, -0.15) is 0 Å². The summed E-state index contributed by atoms with van der Waals surface area (Å²) in [6, 6.07) is 0. The lowest BCUT2D eigenvalue weighted by molar-refractivity contribution is 0.406. The summed E-state index contributed by atoms with van der Waals surface area (Å²) in [6.45, 7) is 7.20. The highest BCUT2D eigenvalue weighted by atomic mass is 16.3. The summed E-state index contributed by atoms with van der Waals surface area (Å²) < 4.78 is 0. The van der Waals surface area contributed by atoms with Gasteiger partial charge in [0, 0.05) is 5.71 Å². The number of aliphatic imine (C=N–C) groups is 1. The highest BCUT2D eigenvalue weighted by molar-refractivity contribution is 5.80. The van der Waals surface area contributed by atoms with Crippen molar-refractivity contribution in [1.29, 1.82) is 0 Å². The number of nitrogens with zero attached hydrogens (tertiary/aromatic N) is 1. The van der Waals surface area contributed by atoms with E-state index in [1.54, 1.807) is 13.8 Å². The molecular weight excluding hydrogens is 114 g/mol. The first-order chi connectivity index (χ1) is 4.04. The monoisotopic (exact) mass is 127 g/mol. The molecule has 2 heteroatoms. The minimum atomic E-state index is 0.288. The molecule has 0 saturated heterocycles. The Hall–Kier alpha value is -0.790. The maximum atomic E-state index is 8.84. The van der Waals surface area contributed by atoms with E-state index in [1.165, 1.54) is 0 Å². The normalized spacial score (nSPS) is 12.4. The Labute approximate surface area is 55.9 Å². The Balaban J connectivity index is 4.25. The van der Waals surface area contributed by atoms with Crippen LogP contribution in [0.4, 0.5) is 0 Å². The Morgan fingerprint density at radius 3 is 1.67 bits per heavy atom. The van der Waals surface area contributed by atoms with Crippen molar-refractivity contribution in [3.8, 4) is 0 Å². The molecule has 0 heterocycles. The summed E-state index contributed by atoms with van der Waals surface area (Å²) in [5.41, 5.74) is 1.65. The molecule has 0 aliphatic rings. The molecule has 0 amide bonds. The first-order valence-electron chi connectivity index (χ1n) is 2.92. The van der Waals surface area contributed by atoms with Crippen molar-refractivity contribution in [1.82, 2.24) is 0 Å². The van der Waals surface area contributed by atoms with Crippen molar-refractivity contribution in [2.75, 3.05) is 0 Å². The molecule has 0 radical (unpaired) electrons. The standard InChI is InChI=1S/C7H13NO/c1-5(2)8-6(3)7(4)9/h9H,1-4H3/b7-6-. The van der Waals surface area contributed by atoms with Crippen LogP contribution in [0.5, 0.6) is 0 Å². The van der Waals surface area contributed by atoms with Crippen molar-refractivity contribution in [3.05, 3.63) is 11.5 Å². The smallest absolute Gasteiger partial charge is 0.110 e. The van der Waals surface area contributed by atoms with Gasteiger partial charge in [0.2, 0.25) is 0 Å². The molecule has 0 saturated carbocycles. The van der Waals surface area contributed by atoms with Crippen LogP contribution in [0.15, 0.2) is 16.4 Å². The van der Waals surface area contributed by atoms with Crippen molar-refractivity contribution >= 4 is 5.71 Å². The van der Waals surface area contributed by atoms with Gasteiger partial charge in [0.25, 0.3) is 0 Å². The van der Waals surface area contributed by atoms with Gasteiger partial charge in [-0.1, -0.05) is 0 Å². The molecule has 2 nitrogen and oxygen atoms in total. The molecule has 0 bridgehead atoms. The quantitative estimate of drug-likeness (QED) is 0.425. The van der Waals surface area contributed by atoms with Gasteiger partial charge in [-0.05, 0) is 27.7 Å². The topological polar surface area (TPSA) is 32.6 Å². The zero-order chi connectivity index (χ0) is 7.44. The van der Waals surface area contributed by atoms with Crippen LogP contribution in [0.3, 0.4) is 0 Å². The van der Waals surface area contributed by atoms with Gasteiger partial charge in [-0.25, -0.2) is 0 Å². The van der Waals surface area contributed by atoms with E-state index in [9.17, 15) is 0 Å². The van der Waals surface area contributed by atoms with Gasteiger partial charge in [-0.3, -0.25) is 4.99 Å². The molecule has 0 aliphatic carbocycles. The van der Waals surface area contributed by atoms with Crippen LogP contribution in [-0.2, 0) is 0 Å². The third kappa shape index (κ3) is 3.76. The fourth-order valence-electron chi connectivity index (χ4n) is 0.416. The average molecular weight is 127 g/mol. The number of allylic oxidation sites excluding steroid dienone is 2. The zero-order valence-electron chi connectivity index (χ0n) is 6.39. The lowest BCUT2D eigenvalue weighted by atomic mass is 10.4. The Morgan fingerprint density at radius 2 is 1.56 bits per heavy atom. The van der Waals surface area contributed by atoms with Crippen LogP contribution in [0.1, 0.15) is 27.7 Å². The maximum absolute atomic E-state index is 8.84. The SMILES string of the molecule is CC(C)=N/C(C)=C(/C)O. The van der Waals surface area contributed by atoms with Gasteiger partial charge in [0.05, 0.1) is 5.70 Å². The molecule has 0 unspecified atom stereocenters. The van der Waals surface area contributed by atoms with E-state index in [4.69, 9.17) is 5.11 Å². The second-order valence-electron chi connectivity index (χ2n) is 2.23. The van der Waals surface area contributed by atoms with E-state index in [1.807, 2.05) is 13.8 Å². The first-order valence-corrected chi connectivity index (χ1v) is 2.92. The first kappa shape index (κ1) is 8.21. The van der Waals surface area contributed by atoms with E-state index in [0.717, 1.165) is 5.71 Å². The van der Waals surface area contributed by atoms with E-state index in [-0.39, 0.29) is 5.76 Å². The summed E-state index contributed by atoms with van der Waals surface area (Å²) in [6.07, 6.45) is 0. The minimum Gasteiger partial charge on any atom is -0.511 e. The summed E-state index contributed by atoms with van der Waals surface area (Å²) in [7, 11) is 0. The predicted octanol–water partition coefficient (Wildman–Crippen LogP) is 2.28. The summed E-state index contributed by atoms with van der Waals surface area (Å²) >= 11 is 0. The molecular formula is C7H13NO. The highest BCUT2D eigenvalue weighted by Crippen LogP contribution is 2.00. The van der Waals surface area contributed by atoms with Crippen LogP contribution in [0.2, 0.25) is 0 Å². The average Bonchev–Trinajstić information content (AvgIpc) is 1.63. The molecule has 0 spiro atoms. The van der Waals surface area contributed by atoms with Gasteiger partial charge in [0.15, 0.2) is 0 Å².